The molecule has 0 spiro atoms. The Morgan fingerprint density at radius 3 is 2.38 bits per heavy atom. The van der Waals surface area contributed by atoms with Crippen LogP contribution in [0.2, 0.25) is 0 Å². The van der Waals surface area contributed by atoms with E-state index < -0.39 is 24.7 Å². The van der Waals surface area contributed by atoms with Gasteiger partial charge >= 0.3 is 11.9 Å². The molecule has 0 N–H and O–H groups in total. The molecule has 5 heteroatoms. The minimum absolute atomic E-state index is 0.00140. The van der Waals surface area contributed by atoms with Crippen LogP contribution in [0.5, 0.6) is 0 Å². The summed E-state index contributed by atoms with van der Waals surface area (Å²) in [5.74, 6) is -4.58. The summed E-state index contributed by atoms with van der Waals surface area (Å²) in [5, 5.41) is 0. The van der Waals surface area contributed by atoms with E-state index in [1.165, 1.54) is 6.92 Å². The van der Waals surface area contributed by atoms with Crippen molar-refractivity contribution in [1.29, 1.82) is 0 Å². The Bertz CT molecular complexity index is 213. The zero-order valence-corrected chi connectivity index (χ0v) is 7.44. The number of carbonyl (C=O) groups excluding carboxylic acids is 1. The lowest BCUT2D eigenvalue weighted by Gasteiger charge is -2.20. The van der Waals surface area contributed by atoms with Crippen molar-refractivity contribution < 1.29 is 22.7 Å². The zero-order chi connectivity index (χ0) is 10.6. The van der Waals surface area contributed by atoms with Gasteiger partial charge in [0.25, 0.3) is 0 Å². The van der Waals surface area contributed by atoms with Crippen LogP contribution in [0.25, 0.3) is 0 Å². The van der Waals surface area contributed by atoms with Gasteiger partial charge in [-0.3, -0.25) is 0 Å². The number of rotatable bonds is 4. The maximum absolute atomic E-state index is 12.5. The van der Waals surface area contributed by atoms with Crippen LogP contribution < -0.4 is 0 Å². The Morgan fingerprint density at radius 1 is 1.62 bits per heavy atom. The molecule has 0 aliphatic rings. The molecule has 0 amide bonds. The molecule has 0 aliphatic carbocycles. The van der Waals surface area contributed by atoms with Crippen LogP contribution in [0, 0.1) is 0 Å². The second-order valence-corrected chi connectivity index (χ2v) is 2.72. The summed E-state index contributed by atoms with van der Waals surface area (Å²) in [5.41, 5.74) is 0.00140. The van der Waals surface area contributed by atoms with Crippen molar-refractivity contribution in [3.05, 3.63) is 12.2 Å². The number of alkyl halides is 3. The third-order valence-electron chi connectivity index (χ3n) is 1.41. The highest BCUT2D eigenvalue weighted by Crippen LogP contribution is 2.22. The highest BCUT2D eigenvalue weighted by atomic mass is 19.3. The fraction of sp³-hybridized carbons (Fsp3) is 0.625. The molecule has 2 nitrogen and oxygen atoms in total. The smallest absolute Gasteiger partial charge is 0.333 e. The quantitative estimate of drug-likeness (QED) is 0.508. The molecule has 0 aromatic rings. The normalized spacial score (nSPS) is 13.6. The summed E-state index contributed by atoms with van der Waals surface area (Å²) in [6.07, 6.45) is -1.78. The predicted molar refractivity (Wildman–Crippen MR) is 41.3 cm³/mol. The van der Waals surface area contributed by atoms with Crippen molar-refractivity contribution in [3.8, 4) is 0 Å². The summed E-state index contributed by atoms with van der Waals surface area (Å²) in [6, 6.07) is 0. The highest BCUT2D eigenvalue weighted by molar-refractivity contribution is 5.87. The molecule has 1 atom stereocenters. The van der Waals surface area contributed by atoms with Gasteiger partial charge in [0.2, 0.25) is 0 Å². The number of ether oxygens (including phenoxy) is 1. The number of carbonyl (C=O) groups is 1. The molecule has 0 saturated carbocycles. The van der Waals surface area contributed by atoms with E-state index in [2.05, 4.69) is 11.3 Å². The van der Waals surface area contributed by atoms with E-state index in [0.29, 0.717) is 0 Å². The van der Waals surface area contributed by atoms with Crippen LogP contribution in [-0.2, 0) is 9.53 Å². The van der Waals surface area contributed by atoms with Gasteiger partial charge in [-0.1, -0.05) is 6.58 Å². The first kappa shape index (κ1) is 12.0. The molecular weight excluding hydrogens is 185 g/mol. The molecule has 0 heterocycles. The first-order valence-electron chi connectivity index (χ1n) is 3.61. The molecule has 0 aromatic heterocycles. The molecule has 0 aromatic carbocycles. The van der Waals surface area contributed by atoms with Crippen LogP contribution in [0.4, 0.5) is 13.2 Å². The Balaban J connectivity index is 4.23. The molecule has 0 radical (unpaired) electrons. The van der Waals surface area contributed by atoms with Gasteiger partial charge in [0.1, 0.15) is 0 Å². The lowest BCUT2D eigenvalue weighted by molar-refractivity contribution is -0.169. The minimum atomic E-state index is -3.63. The summed E-state index contributed by atoms with van der Waals surface area (Å²) < 4.78 is 40.9. The van der Waals surface area contributed by atoms with Crippen LogP contribution in [0.3, 0.4) is 0 Å². The lowest BCUT2D eigenvalue weighted by atomic mass is 10.2. The van der Waals surface area contributed by atoms with Gasteiger partial charge in [-0.2, -0.15) is 8.78 Å². The minimum Gasteiger partial charge on any atom is -0.453 e. The van der Waals surface area contributed by atoms with Crippen LogP contribution in [0.15, 0.2) is 12.2 Å². The Morgan fingerprint density at radius 2 is 2.08 bits per heavy atom. The van der Waals surface area contributed by atoms with Gasteiger partial charge in [-0.25, -0.2) is 9.18 Å². The molecule has 13 heavy (non-hydrogen) atoms. The zero-order valence-electron chi connectivity index (χ0n) is 7.44. The van der Waals surface area contributed by atoms with Crippen molar-refractivity contribution in [2.75, 3.05) is 6.67 Å². The van der Waals surface area contributed by atoms with Crippen molar-refractivity contribution in [3.63, 3.8) is 0 Å². The highest BCUT2D eigenvalue weighted by Gasteiger charge is 2.39. The molecule has 0 rings (SSSR count). The van der Waals surface area contributed by atoms with Gasteiger partial charge in [-0.05, 0) is 13.8 Å². The standard InChI is InChI=1S/C8H11F3O2/c1-5(2)7(12)13-6(3)8(10,11)4-9/h6H,1,4H2,2-3H3. The second-order valence-electron chi connectivity index (χ2n) is 2.72. The average Bonchev–Trinajstić information content (AvgIpc) is 2.04. The Kier molecular flexibility index (Phi) is 3.97. The van der Waals surface area contributed by atoms with E-state index in [4.69, 9.17) is 0 Å². The van der Waals surface area contributed by atoms with E-state index >= 15 is 0 Å². The molecular formula is C8H11F3O2. The van der Waals surface area contributed by atoms with Crippen LogP contribution in [-0.4, -0.2) is 24.7 Å². The van der Waals surface area contributed by atoms with Gasteiger partial charge in [0.05, 0.1) is 0 Å². The monoisotopic (exact) mass is 196 g/mol. The topological polar surface area (TPSA) is 26.3 Å². The Hall–Kier alpha value is -1.00. The van der Waals surface area contributed by atoms with Crippen molar-refractivity contribution in [2.45, 2.75) is 25.9 Å². The van der Waals surface area contributed by atoms with E-state index in [9.17, 15) is 18.0 Å². The molecule has 0 bridgehead atoms. The van der Waals surface area contributed by atoms with Gasteiger partial charge in [0, 0.05) is 5.57 Å². The largest absolute Gasteiger partial charge is 0.453 e. The fourth-order valence-corrected chi connectivity index (χ4v) is 0.456. The van der Waals surface area contributed by atoms with Gasteiger partial charge in [-0.15, -0.1) is 0 Å². The molecule has 0 aliphatic heterocycles. The first-order chi connectivity index (χ1) is 5.81. The van der Waals surface area contributed by atoms with Gasteiger partial charge < -0.3 is 4.74 Å². The maximum Gasteiger partial charge on any atom is 0.333 e. The molecule has 0 fully saturated rings. The summed E-state index contributed by atoms with van der Waals surface area (Å²) >= 11 is 0. The third-order valence-corrected chi connectivity index (χ3v) is 1.41. The molecule has 76 valence electrons. The van der Waals surface area contributed by atoms with Crippen molar-refractivity contribution >= 4 is 5.97 Å². The first-order valence-corrected chi connectivity index (χ1v) is 3.61. The summed E-state index contributed by atoms with van der Waals surface area (Å²) in [4.78, 5) is 10.7. The predicted octanol–water partition coefficient (Wildman–Crippen LogP) is 2.10. The second kappa shape index (κ2) is 4.30. The lowest BCUT2D eigenvalue weighted by Crippen LogP contribution is -2.37. The SMILES string of the molecule is C=C(C)C(=O)OC(C)C(F)(F)CF. The molecule has 0 saturated heterocycles. The van der Waals surface area contributed by atoms with E-state index in [1.54, 1.807) is 0 Å². The summed E-state index contributed by atoms with van der Waals surface area (Å²) in [6.45, 7) is 3.61. The fourth-order valence-electron chi connectivity index (χ4n) is 0.456. The number of hydrogen-bond acceptors (Lipinski definition) is 2. The average molecular weight is 196 g/mol. The van der Waals surface area contributed by atoms with Crippen molar-refractivity contribution in [2.24, 2.45) is 0 Å². The van der Waals surface area contributed by atoms with Crippen molar-refractivity contribution in [1.82, 2.24) is 0 Å². The number of halogens is 3. The van der Waals surface area contributed by atoms with Crippen LogP contribution in [0.1, 0.15) is 13.8 Å². The van der Waals surface area contributed by atoms with Crippen LogP contribution >= 0.6 is 0 Å². The maximum atomic E-state index is 12.5. The Labute approximate surface area is 74.4 Å². The summed E-state index contributed by atoms with van der Waals surface area (Å²) in [7, 11) is 0. The van der Waals surface area contributed by atoms with Gasteiger partial charge in [0.15, 0.2) is 12.8 Å². The van der Waals surface area contributed by atoms with E-state index in [-0.39, 0.29) is 5.57 Å². The number of esters is 1. The number of hydrogen-bond donors (Lipinski definition) is 0. The van der Waals surface area contributed by atoms with E-state index in [0.717, 1.165) is 6.92 Å². The molecule has 1 unspecified atom stereocenters. The third kappa shape index (κ3) is 3.48. The van der Waals surface area contributed by atoms with E-state index in [1.807, 2.05) is 0 Å².